The second-order valence-electron chi connectivity index (χ2n) is 16.7. The minimum absolute atomic E-state index is 0. The molecule has 0 saturated heterocycles. The Morgan fingerprint density at radius 1 is 0.385 bits per heavy atom. The van der Waals surface area contributed by atoms with Gasteiger partial charge in [-0.15, -0.1) is 0 Å². The molecule has 0 aromatic carbocycles. The Kier molecular flexibility index (Phi) is 37.2. The summed E-state index contributed by atoms with van der Waals surface area (Å²) in [5.41, 5.74) is -0.811. The van der Waals surface area contributed by atoms with E-state index in [1.54, 1.807) is 0 Å². The Morgan fingerprint density at radius 2 is 0.596 bits per heavy atom. The highest BCUT2D eigenvalue weighted by atomic mass is 35.5. The monoisotopic (exact) mass is 760 g/mol. The summed E-state index contributed by atoms with van der Waals surface area (Å²) in [6.45, 7) is 7.45. The summed E-state index contributed by atoms with van der Waals surface area (Å²) in [6, 6.07) is 0. The van der Waals surface area contributed by atoms with Gasteiger partial charge < -0.3 is 31.1 Å². The maximum atomic E-state index is 12.9. The van der Waals surface area contributed by atoms with Gasteiger partial charge in [-0.05, 0) is 19.3 Å². The van der Waals surface area contributed by atoms with Crippen LogP contribution in [0.3, 0.4) is 0 Å². The van der Waals surface area contributed by atoms with Crippen LogP contribution in [0.1, 0.15) is 213 Å². The highest BCUT2D eigenvalue weighted by Gasteiger charge is 2.41. The molecule has 0 heterocycles. The van der Waals surface area contributed by atoms with E-state index in [0.29, 0.717) is 30.3 Å². The van der Waals surface area contributed by atoms with Crippen LogP contribution < -0.4 is 12.4 Å². The first kappa shape index (κ1) is 52.8. The van der Waals surface area contributed by atoms with Crippen molar-refractivity contribution in [1.82, 2.24) is 0 Å². The lowest BCUT2D eigenvalue weighted by Gasteiger charge is -2.38. The van der Waals surface area contributed by atoms with Crippen LogP contribution in [0.4, 0.5) is 0 Å². The number of hydrogen-bond donors (Lipinski definition) is 0. The van der Waals surface area contributed by atoms with Gasteiger partial charge in [-0.2, -0.15) is 0 Å². The summed E-state index contributed by atoms with van der Waals surface area (Å²) in [5.74, 6) is -0.692. The van der Waals surface area contributed by atoms with Crippen LogP contribution in [-0.4, -0.2) is 69.9 Å². The standard InChI is InChI=1S/C44H86NO6.ClH/c1-7-10-13-16-19-22-25-28-31-34-41(46)49-38-44(37-45(4,5)6,39-50-42(47)35-32-29-26-23-20-17-14-11-8-2)40-51-43(48)36-33-30-27-24-21-18-15-12-9-3;/h7-40H2,1-6H3;1H/q+1;/p-1. The molecular formula is C44H86ClNO6. The Bertz CT molecular complexity index is 737. The first-order chi connectivity index (χ1) is 24.6. The van der Waals surface area contributed by atoms with E-state index >= 15 is 0 Å². The summed E-state index contributed by atoms with van der Waals surface area (Å²) in [6.07, 6.45) is 33.2. The van der Waals surface area contributed by atoms with Gasteiger partial charge in [0, 0.05) is 19.3 Å². The second kappa shape index (κ2) is 36.6. The van der Waals surface area contributed by atoms with E-state index in [2.05, 4.69) is 41.9 Å². The first-order valence-electron chi connectivity index (χ1n) is 21.8. The molecule has 0 radical (unpaired) electrons. The van der Waals surface area contributed by atoms with Gasteiger partial charge in [0.25, 0.3) is 0 Å². The molecule has 52 heavy (non-hydrogen) atoms. The average Bonchev–Trinajstić information content (AvgIpc) is 3.09. The molecule has 0 unspecified atom stereocenters. The van der Waals surface area contributed by atoms with Gasteiger partial charge in [-0.1, -0.05) is 175 Å². The van der Waals surface area contributed by atoms with Crippen LogP contribution in [0.15, 0.2) is 0 Å². The molecule has 0 spiro atoms. The Hall–Kier alpha value is -1.34. The summed E-state index contributed by atoms with van der Waals surface area (Å²) in [4.78, 5) is 38.7. The molecule has 310 valence electrons. The lowest BCUT2D eigenvalue weighted by molar-refractivity contribution is -0.877. The van der Waals surface area contributed by atoms with Gasteiger partial charge in [0.1, 0.15) is 25.2 Å². The van der Waals surface area contributed by atoms with Gasteiger partial charge in [0.15, 0.2) is 0 Å². The molecule has 0 aromatic rings. The fourth-order valence-corrected chi connectivity index (χ4v) is 6.93. The lowest BCUT2D eigenvalue weighted by atomic mass is 9.89. The number of quaternary nitrogens is 1. The predicted molar refractivity (Wildman–Crippen MR) is 214 cm³/mol. The molecule has 0 bridgehead atoms. The first-order valence-corrected chi connectivity index (χ1v) is 21.8. The van der Waals surface area contributed by atoms with Crippen molar-refractivity contribution in [1.29, 1.82) is 0 Å². The second-order valence-corrected chi connectivity index (χ2v) is 16.7. The van der Waals surface area contributed by atoms with Crippen molar-refractivity contribution in [3.63, 3.8) is 0 Å². The third-order valence-electron chi connectivity index (χ3n) is 9.88. The third-order valence-corrected chi connectivity index (χ3v) is 9.88. The average molecular weight is 761 g/mol. The summed E-state index contributed by atoms with van der Waals surface area (Å²) >= 11 is 0. The van der Waals surface area contributed by atoms with E-state index in [1.165, 1.54) is 116 Å². The number of carbonyl (C=O) groups excluding carboxylic acids is 3. The molecule has 0 amide bonds. The van der Waals surface area contributed by atoms with Crippen molar-refractivity contribution in [2.24, 2.45) is 5.41 Å². The van der Waals surface area contributed by atoms with Crippen molar-refractivity contribution in [3.05, 3.63) is 0 Å². The number of nitrogens with zero attached hydrogens (tertiary/aromatic N) is 1. The van der Waals surface area contributed by atoms with E-state index in [0.717, 1.165) is 57.8 Å². The zero-order chi connectivity index (χ0) is 37.9. The minimum Gasteiger partial charge on any atom is -1.00 e. The van der Waals surface area contributed by atoms with Crippen molar-refractivity contribution in [2.75, 3.05) is 47.5 Å². The molecule has 0 aliphatic carbocycles. The molecule has 0 aromatic heterocycles. The molecule has 0 N–H and O–H groups in total. The van der Waals surface area contributed by atoms with Crippen molar-refractivity contribution in [3.8, 4) is 0 Å². The predicted octanol–water partition coefficient (Wildman–Crippen LogP) is 9.08. The molecule has 0 saturated carbocycles. The Morgan fingerprint density at radius 3 is 0.808 bits per heavy atom. The van der Waals surface area contributed by atoms with Crippen LogP contribution >= 0.6 is 0 Å². The fraction of sp³-hybridized carbons (Fsp3) is 0.932. The molecule has 8 heteroatoms. The highest BCUT2D eigenvalue weighted by molar-refractivity contribution is 5.70. The van der Waals surface area contributed by atoms with E-state index in [9.17, 15) is 14.4 Å². The summed E-state index contributed by atoms with van der Waals surface area (Å²) < 4.78 is 18.2. The zero-order valence-corrected chi connectivity index (χ0v) is 36.1. The van der Waals surface area contributed by atoms with Crippen LogP contribution in [0.2, 0.25) is 0 Å². The smallest absolute Gasteiger partial charge is 0.305 e. The van der Waals surface area contributed by atoms with Gasteiger partial charge in [0.05, 0.1) is 27.7 Å². The molecular weight excluding hydrogens is 674 g/mol. The number of halogens is 1. The van der Waals surface area contributed by atoms with E-state index < -0.39 is 5.41 Å². The normalized spacial score (nSPS) is 11.7. The number of hydrogen-bond acceptors (Lipinski definition) is 6. The molecule has 7 nitrogen and oxygen atoms in total. The van der Waals surface area contributed by atoms with Crippen LogP contribution in [-0.2, 0) is 28.6 Å². The molecule has 0 fully saturated rings. The molecule has 0 aliphatic heterocycles. The SMILES string of the molecule is CCCCCCCCCCCC(=O)OCC(COC(=O)CCCCCCCCCCC)(COC(=O)CCCCCCCCCCC)C[N+](C)(C)C.[Cl-]. The summed E-state index contributed by atoms with van der Waals surface area (Å²) in [7, 11) is 6.19. The van der Waals surface area contributed by atoms with Crippen LogP contribution in [0.25, 0.3) is 0 Å². The maximum absolute atomic E-state index is 12.9. The topological polar surface area (TPSA) is 78.9 Å². The number of rotatable bonds is 38. The van der Waals surface area contributed by atoms with Gasteiger partial charge in [-0.25, -0.2) is 0 Å². The minimum atomic E-state index is -0.811. The third kappa shape index (κ3) is 35.7. The lowest BCUT2D eigenvalue weighted by Crippen LogP contribution is -3.00. The van der Waals surface area contributed by atoms with Crippen LogP contribution in [0, 0.1) is 5.41 Å². The molecule has 0 aliphatic rings. The number of esters is 3. The number of carbonyl (C=O) groups is 3. The molecule has 0 atom stereocenters. The van der Waals surface area contributed by atoms with E-state index in [4.69, 9.17) is 14.2 Å². The van der Waals surface area contributed by atoms with Crippen molar-refractivity contribution >= 4 is 17.9 Å². The maximum Gasteiger partial charge on any atom is 0.305 e. The van der Waals surface area contributed by atoms with Gasteiger partial charge in [-0.3, -0.25) is 14.4 Å². The fourth-order valence-electron chi connectivity index (χ4n) is 6.93. The van der Waals surface area contributed by atoms with Gasteiger partial charge >= 0.3 is 17.9 Å². The molecule has 0 rings (SSSR count). The van der Waals surface area contributed by atoms with Gasteiger partial charge in [0.2, 0.25) is 0 Å². The number of unbranched alkanes of at least 4 members (excludes halogenated alkanes) is 24. The Labute approximate surface area is 328 Å². The number of ether oxygens (including phenoxy) is 3. The summed E-state index contributed by atoms with van der Waals surface area (Å²) in [5, 5.41) is 0. The van der Waals surface area contributed by atoms with Crippen molar-refractivity contribution < 1.29 is 45.5 Å². The van der Waals surface area contributed by atoms with E-state index in [-0.39, 0.29) is 50.1 Å². The van der Waals surface area contributed by atoms with Crippen molar-refractivity contribution in [2.45, 2.75) is 213 Å². The zero-order valence-electron chi connectivity index (χ0n) is 35.3. The van der Waals surface area contributed by atoms with E-state index in [1.807, 2.05) is 0 Å². The quantitative estimate of drug-likeness (QED) is 0.0271. The largest absolute Gasteiger partial charge is 1.00 e. The van der Waals surface area contributed by atoms with Crippen LogP contribution in [0.5, 0.6) is 0 Å². The highest BCUT2D eigenvalue weighted by Crippen LogP contribution is 2.25. The Balaban J connectivity index is 0.